The molecule has 1 aromatic heterocycles. The first kappa shape index (κ1) is 12.6. The minimum Gasteiger partial charge on any atom is -0.396 e. The molecule has 96 valence electrons. The van der Waals surface area contributed by atoms with Crippen LogP contribution < -0.4 is 10.6 Å². The number of aliphatic hydroxyl groups is 1. The molecule has 2 heterocycles. The van der Waals surface area contributed by atoms with E-state index in [1.807, 2.05) is 17.9 Å². The maximum atomic E-state index is 9.14. The van der Waals surface area contributed by atoms with Crippen LogP contribution in [-0.4, -0.2) is 42.0 Å². The standard InChI is InChI=1S/C12H16N4O2/c1-8-7-18-9(6-17)5-16(8)12-3-2-10(14)11(4-13)15-12/h2-3,8-9,17H,5-7,14H2,1H3. The summed E-state index contributed by atoms with van der Waals surface area (Å²) in [4.78, 5) is 6.25. The predicted octanol–water partition coefficient (Wildman–Crippen LogP) is 0.121. The molecule has 18 heavy (non-hydrogen) atoms. The second-order valence-electron chi connectivity index (χ2n) is 4.36. The molecule has 0 aromatic carbocycles. The highest BCUT2D eigenvalue weighted by molar-refractivity contribution is 5.55. The van der Waals surface area contributed by atoms with Crippen LogP contribution in [-0.2, 0) is 4.74 Å². The fourth-order valence-electron chi connectivity index (χ4n) is 1.96. The zero-order valence-corrected chi connectivity index (χ0v) is 10.2. The van der Waals surface area contributed by atoms with Crippen LogP contribution in [0.3, 0.4) is 0 Å². The fraction of sp³-hybridized carbons (Fsp3) is 0.500. The SMILES string of the molecule is CC1COC(CO)CN1c1ccc(N)c(C#N)n1. The first-order valence-electron chi connectivity index (χ1n) is 5.81. The van der Waals surface area contributed by atoms with Crippen molar-refractivity contribution >= 4 is 11.5 Å². The highest BCUT2D eigenvalue weighted by atomic mass is 16.5. The van der Waals surface area contributed by atoms with Gasteiger partial charge in [0.2, 0.25) is 0 Å². The molecule has 0 aliphatic carbocycles. The van der Waals surface area contributed by atoms with Gasteiger partial charge in [-0.2, -0.15) is 5.26 Å². The van der Waals surface area contributed by atoms with Gasteiger partial charge in [-0.3, -0.25) is 0 Å². The molecule has 2 unspecified atom stereocenters. The van der Waals surface area contributed by atoms with Crippen LogP contribution in [0.15, 0.2) is 12.1 Å². The Kier molecular flexibility index (Phi) is 3.65. The van der Waals surface area contributed by atoms with Crippen molar-refractivity contribution in [2.75, 3.05) is 30.4 Å². The molecular formula is C12H16N4O2. The largest absolute Gasteiger partial charge is 0.396 e. The summed E-state index contributed by atoms with van der Waals surface area (Å²) in [6.45, 7) is 3.07. The van der Waals surface area contributed by atoms with E-state index in [9.17, 15) is 0 Å². The number of rotatable bonds is 2. The van der Waals surface area contributed by atoms with E-state index in [0.717, 1.165) is 0 Å². The third-order valence-corrected chi connectivity index (χ3v) is 3.02. The van der Waals surface area contributed by atoms with Crippen LogP contribution in [0.5, 0.6) is 0 Å². The Balaban J connectivity index is 2.26. The molecule has 1 fully saturated rings. The minimum absolute atomic E-state index is 0.0245. The van der Waals surface area contributed by atoms with Gasteiger partial charge < -0.3 is 20.5 Å². The second kappa shape index (κ2) is 5.21. The lowest BCUT2D eigenvalue weighted by Gasteiger charge is -2.38. The van der Waals surface area contributed by atoms with E-state index in [0.29, 0.717) is 24.7 Å². The van der Waals surface area contributed by atoms with Crippen molar-refractivity contribution in [2.45, 2.75) is 19.1 Å². The van der Waals surface area contributed by atoms with Crippen molar-refractivity contribution in [1.29, 1.82) is 5.26 Å². The Morgan fingerprint density at radius 1 is 1.67 bits per heavy atom. The number of aliphatic hydroxyl groups excluding tert-OH is 1. The molecule has 0 bridgehead atoms. The van der Waals surface area contributed by atoms with Crippen molar-refractivity contribution in [3.8, 4) is 6.07 Å². The molecule has 1 saturated heterocycles. The molecule has 3 N–H and O–H groups in total. The van der Waals surface area contributed by atoms with Crippen LogP contribution in [0.25, 0.3) is 0 Å². The summed E-state index contributed by atoms with van der Waals surface area (Å²) >= 11 is 0. The van der Waals surface area contributed by atoms with Gasteiger partial charge >= 0.3 is 0 Å². The van der Waals surface area contributed by atoms with Gasteiger partial charge in [0.25, 0.3) is 0 Å². The smallest absolute Gasteiger partial charge is 0.165 e. The number of hydrogen-bond donors (Lipinski definition) is 2. The molecule has 1 aromatic rings. The zero-order chi connectivity index (χ0) is 13.1. The summed E-state index contributed by atoms with van der Waals surface area (Å²) in [7, 11) is 0. The van der Waals surface area contributed by atoms with E-state index >= 15 is 0 Å². The van der Waals surface area contributed by atoms with Crippen LogP contribution in [0.4, 0.5) is 11.5 Å². The highest BCUT2D eigenvalue weighted by Crippen LogP contribution is 2.22. The molecule has 0 radical (unpaired) electrons. The lowest BCUT2D eigenvalue weighted by molar-refractivity contribution is -0.0105. The average Bonchev–Trinajstić information content (AvgIpc) is 2.40. The third-order valence-electron chi connectivity index (χ3n) is 3.02. The quantitative estimate of drug-likeness (QED) is 0.772. The molecule has 1 aliphatic rings. The van der Waals surface area contributed by atoms with Gasteiger partial charge in [-0.15, -0.1) is 0 Å². The number of nitrogens with two attached hydrogens (primary N) is 1. The van der Waals surface area contributed by atoms with Crippen LogP contribution in [0.1, 0.15) is 12.6 Å². The van der Waals surface area contributed by atoms with E-state index in [4.69, 9.17) is 20.8 Å². The monoisotopic (exact) mass is 248 g/mol. The Hall–Kier alpha value is -1.84. The Morgan fingerprint density at radius 3 is 3.11 bits per heavy atom. The Morgan fingerprint density at radius 2 is 2.44 bits per heavy atom. The molecular weight excluding hydrogens is 232 g/mol. The van der Waals surface area contributed by atoms with E-state index in [1.165, 1.54) is 0 Å². The lowest BCUT2D eigenvalue weighted by atomic mass is 10.2. The molecule has 0 spiro atoms. The summed E-state index contributed by atoms with van der Waals surface area (Å²) in [5.41, 5.74) is 6.25. The summed E-state index contributed by atoms with van der Waals surface area (Å²) < 4.78 is 5.46. The van der Waals surface area contributed by atoms with Crippen molar-refractivity contribution < 1.29 is 9.84 Å². The van der Waals surface area contributed by atoms with Gasteiger partial charge in [0.15, 0.2) is 5.69 Å². The van der Waals surface area contributed by atoms with Gasteiger partial charge in [-0.25, -0.2) is 4.98 Å². The third kappa shape index (κ3) is 2.37. The number of pyridine rings is 1. The zero-order valence-electron chi connectivity index (χ0n) is 10.2. The first-order chi connectivity index (χ1) is 8.65. The number of nitrogen functional groups attached to an aromatic ring is 1. The summed E-state index contributed by atoms with van der Waals surface area (Å²) in [6.07, 6.45) is -0.217. The van der Waals surface area contributed by atoms with E-state index in [2.05, 4.69) is 4.98 Å². The molecule has 6 heteroatoms. The molecule has 6 nitrogen and oxygen atoms in total. The topological polar surface area (TPSA) is 95.4 Å². The predicted molar refractivity (Wildman–Crippen MR) is 67.0 cm³/mol. The summed E-state index contributed by atoms with van der Waals surface area (Å²) in [5, 5.41) is 18.1. The van der Waals surface area contributed by atoms with Crippen LogP contribution in [0, 0.1) is 11.3 Å². The number of morpholine rings is 1. The van der Waals surface area contributed by atoms with E-state index in [-0.39, 0.29) is 24.4 Å². The summed E-state index contributed by atoms with van der Waals surface area (Å²) in [6, 6.07) is 5.58. The summed E-state index contributed by atoms with van der Waals surface area (Å²) in [5.74, 6) is 0.690. The van der Waals surface area contributed by atoms with Crippen molar-refractivity contribution in [3.05, 3.63) is 17.8 Å². The number of anilines is 2. The normalized spacial score (nSPS) is 23.7. The molecule has 0 amide bonds. The van der Waals surface area contributed by atoms with Crippen LogP contribution in [0.2, 0.25) is 0 Å². The van der Waals surface area contributed by atoms with Crippen molar-refractivity contribution in [3.63, 3.8) is 0 Å². The Bertz CT molecular complexity index is 472. The van der Waals surface area contributed by atoms with Gasteiger partial charge in [-0.1, -0.05) is 0 Å². The number of nitrogens with zero attached hydrogens (tertiary/aromatic N) is 3. The maximum Gasteiger partial charge on any atom is 0.165 e. The molecule has 1 aliphatic heterocycles. The number of ether oxygens (including phenoxy) is 1. The van der Waals surface area contributed by atoms with Gasteiger partial charge in [0.1, 0.15) is 11.9 Å². The van der Waals surface area contributed by atoms with Gasteiger partial charge in [-0.05, 0) is 19.1 Å². The number of hydrogen-bond acceptors (Lipinski definition) is 6. The second-order valence-corrected chi connectivity index (χ2v) is 4.36. The molecule has 2 atom stereocenters. The number of nitriles is 1. The Labute approximate surface area is 106 Å². The van der Waals surface area contributed by atoms with E-state index in [1.54, 1.807) is 12.1 Å². The molecule has 2 rings (SSSR count). The maximum absolute atomic E-state index is 9.14. The minimum atomic E-state index is -0.217. The fourth-order valence-corrected chi connectivity index (χ4v) is 1.96. The lowest BCUT2D eigenvalue weighted by Crippen LogP contribution is -2.50. The highest BCUT2D eigenvalue weighted by Gasteiger charge is 2.26. The van der Waals surface area contributed by atoms with Crippen molar-refractivity contribution in [1.82, 2.24) is 4.98 Å². The van der Waals surface area contributed by atoms with Gasteiger partial charge in [0, 0.05) is 6.54 Å². The van der Waals surface area contributed by atoms with Crippen molar-refractivity contribution in [2.24, 2.45) is 0 Å². The first-order valence-corrected chi connectivity index (χ1v) is 5.81. The molecule has 0 saturated carbocycles. The average molecular weight is 248 g/mol. The van der Waals surface area contributed by atoms with E-state index < -0.39 is 0 Å². The van der Waals surface area contributed by atoms with Gasteiger partial charge in [0.05, 0.1) is 31.0 Å². The van der Waals surface area contributed by atoms with Crippen LogP contribution >= 0.6 is 0 Å². The number of aromatic nitrogens is 1.